The normalized spacial score (nSPS) is 41.1. The minimum Gasteiger partial charge on any atom is -0.375 e. The highest BCUT2D eigenvalue weighted by Gasteiger charge is 2.51. The van der Waals surface area contributed by atoms with E-state index >= 15 is 0 Å². The van der Waals surface area contributed by atoms with Crippen molar-refractivity contribution in [1.29, 1.82) is 0 Å². The van der Waals surface area contributed by atoms with Crippen LogP contribution in [0.3, 0.4) is 0 Å². The molecule has 0 saturated carbocycles. The van der Waals surface area contributed by atoms with Crippen LogP contribution >= 0.6 is 0 Å². The zero-order chi connectivity index (χ0) is 9.64. The lowest BCUT2D eigenvalue weighted by Crippen LogP contribution is -2.47. The molecule has 2 aliphatic rings. The molecule has 2 N–H and O–H groups in total. The Balaban J connectivity index is 2.02. The molecule has 2 nitrogen and oxygen atoms in total. The Hall–Kier alpha value is -0.290. The number of rotatable bonds is 1. The van der Waals surface area contributed by atoms with E-state index in [1.807, 2.05) is 0 Å². The van der Waals surface area contributed by atoms with E-state index in [1.165, 1.54) is 0 Å². The van der Waals surface area contributed by atoms with Gasteiger partial charge < -0.3 is 10.5 Å². The number of ether oxygens (including phenoxy) is 1. The zero-order valence-electron chi connectivity index (χ0n) is 7.05. The summed E-state index contributed by atoms with van der Waals surface area (Å²) in [6, 6.07) is -1.71. The summed E-state index contributed by atoms with van der Waals surface area (Å²) in [5.74, 6) is -0.515. The highest BCUT2D eigenvalue weighted by atomic mass is 19.4. The minimum atomic E-state index is -4.28. The van der Waals surface area contributed by atoms with Crippen LogP contribution in [0.15, 0.2) is 0 Å². The van der Waals surface area contributed by atoms with Gasteiger partial charge in [0.2, 0.25) is 0 Å². The van der Waals surface area contributed by atoms with Crippen LogP contribution in [0.2, 0.25) is 0 Å². The van der Waals surface area contributed by atoms with E-state index in [0.717, 1.165) is 12.8 Å². The Morgan fingerprint density at radius 2 is 2.00 bits per heavy atom. The lowest BCUT2D eigenvalue weighted by atomic mass is 9.84. The number of halogens is 3. The first-order chi connectivity index (χ1) is 5.98. The van der Waals surface area contributed by atoms with E-state index < -0.39 is 18.1 Å². The molecule has 2 rings (SSSR count). The van der Waals surface area contributed by atoms with Gasteiger partial charge in [0, 0.05) is 5.92 Å². The Morgan fingerprint density at radius 1 is 1.31 bits per heavy atom. The summed E-state index contributed by atoms with van der Waals surface area (Å²) in [5, 5.41) is 0. The van der Waals surface area contributed by atoms with Gasteiger partial charge in [-0.2, -0.15) is 13.2 Å². The summed E-state index contributed by atoms with van der Waals surface area (Å²) >= 11 is 0. The van der Waals surface area contributed by atoms with Crippen molar-refractivity contribution in [3.05, 3.63) is 0 Å². The van der Waals surface area contributed by atoms with Crippen molar-refractivity contribution < 1.29 is 17.9 Å². The van der Waals surface area contributed by atoms with Crippen LogP contribution < -0.4 is 5.73 Å². The smallest absolute Gasteiger partial charge is 0.375 e. The van der Waals surface area contributed by atoms with Gasteiger partial charge in [-0.1, -0.05) is 0 Å². The third-order valence-electron chi connectivity index (χ3n) is 2.99. The molecule has 4 atom stereocenters. The van der Waals surface area contributed by atoms with Crippen LogP contribution in [0.5, 0.6) is 0 Å². The van der Waals surface area contributed by atoms with Gasteiger partial charge in [-0.15, -0.1) is 0 Å². The van der Waals surface area contributed by atoms with Gasteiger partial charge in [-0.05, 0) is 19.3 Å². The van der Waals surface area contributed by atoms with E-state index in [1.54, 1.807) is 0 Å². The van der Waals surface area contributed by atoms with Crippen LogP contribution in [0.25, 0.3) is 0 Å². The molecule has 0 spiro atoms. The summed E-state index contributed by atoms with van der Waals surface area (Å²) in [5.41, 5.74) is 5.14. The average Bonchev–Trinajstić information content (AvgIpc) is 2.60. The van der Waals surface area contributed by atoms with Gasteiger partial charge in [0.25, 0.3) is 0 Å². The predicted octanol–water partition coefficient (Wildman–Crippen LogP) is 1.44. The largest absolute Gasteiger partial charge is 0.404 e. The maximum absolute atomic E-state index is 12.2. The number of nitrogens with two attached hydrogens (primary N) is 1. The summed E-state index contributed by atoms with van der Waals surface area (Å²) in [6.07, 6.45) is -2.39. The minimum absolute atomic E-state index is 0.0309. The Labute approximate surface area is 74.2 Å². The number of hydrogen-bond donors (Lipinski definition) is 1. The highest BCUT2D eigenvalue weighted by Crippen LogP contribution is 2.43. The lowest BCUT2D eigenvalue weighted by molar-refractivity contribution is -0.162. The van der Waals surface area contributed by atoms with Crippen molar-refractivity contribution in [3.8, 4) is 0 Å². The zero-order valence-corrected chi connectivity index (χ0v) is 7.05. The molecule has 0 aromatic heterocycles. The Morgan fingerprint density at radius 3 is 2.38 bits per heavy atom. The number of hydrogen-bond acceptors (Lipinski definition) is 2. The van der Waals surface area contributed by atoms with E-state index in [0.29, 0.717) is 6.42 Å². The molecule has 0 radical (unpaired) electrons. The van der Waals surface area contributed by atoms with Gasteiger partial charge in [0.05, 0.1) is 12.2 Å². The molecule has 4 unspecified atom stereocenters. The SMILES string of the molecule is NC(C1CC2CCC1O2)C(F)(F)F. The monoisotopic (exact) mass is 195 g/mol. The van der Waals surface area contributed by atoms with Crippen LogP contribution in [-0.4, -0.2) is 24.4 Å². The second-order valence-electron chi connectivity index (χ2n) is 3.84. The van der Waals surface area contributed by atoms with Crippen molar-refractivity contribution >= 4 is 0 Å². The first kappa shape index (κ1) is 9.27. The van der Waals surface area contributed by atoms with Crippen molar-refractivity contribution in [3.63, 3.8) is 0 Å². The van der Waals surface area contributed by atoms with E-state index in [4.69, 9.17) is 10.5 Å². The second kappa shape index (κ2) is 2.85. The molecule has 0 amide bonds. The molecule has 0 aromatic rings. The second-order valence-corrected chi connectivity index (χ2v) is 3.84. The van der Waals surface area contributed by atoms with Crippen LogP contribution in [0, 0.1) is 5.92 Å². The number of fused-ring (bicyclic) bond motifs is 2. The maximum Gasteiger partial charge on any atom is 0.404 e. The fourth-order valence-corrected chi connectivity index (χ4v) is 2.30. The topological polar surface area (TPSA) is 35.2 Å². The summed E-state index contributed by atoms with van der Waals surface area (Å²) in [6.45, 7) is 0. The molecule has 2 saturated heterocycles. The van der Waals surface area contributed by atoms with Crippen molar-refractivity contribution in [1.82, 2.24) is 0 Å². The lowest BCUT2D eigenvalue weighted by Gasteiger charge is -2.26. The van der Waals surface area contributed by atoms with E-state index in [9.17, 15) is 13.2 Å². The van der Waals surface area contributed by atoms with Crippen LogP contribution in [-0.2, 0) is 4.74 Å². The third-order valence-corrected chi connectivity index (χ3v) is 2.99. The van der Waals surface area contributed by atoms with Crippen LogP contribution in [0.1, 0.15) is 19.3 Å². The standard InChI is InChI=1S/C8H12F3NO/c9-8(10,11)7(12)5-3-4-1-2-6(5)13-4/h4-7H,1-3,12H2. The molecule has 2 fully saturated rings. The Kier molecular flexibility index (Phi) is 2.03. The number of alkyl halides is 3. The predicted molar refractivity (Wildman–Crippen MR) is 40.0 cm³/mol. The van der Waals surface area contributed by atoms with Crippen molar-refractivity contribution in [2.45, 2.75) is 43.7 Å². The molecule has 2 aliphatic heterocycles. The summed E-state index contributed by atoms with van der Waals surface area (Å²) < 4.78 is 42.1. The van der Waals surface area contributed by atoms with Gasteiger partial charge in [0.1, 0.15) is 6.04 Å². The quantitative estimate of drug-likeness (QED) is 0.687. The molecule has 5 heteroatoms. The molecule has 2 heterocycles. The van der Waals surface area contributed by atoms with Gasteiger partial charge in [0.15, 0.2) is 0 Å². The molecular weight excluding hydrogens is 183 g/mol. The molecule has 76 valence electrons. The van der Waals surface area contributed by atoms with Crippen molar-refractivity contribution in [2.75, 3.05) is 0 Å². The highest BCUT2D eigenvalue weighted by molar-refractivity contribution is 4.96. The fourth-order valence-electron chi connectivity index (χ4n) is 2.30. The molecular formula is C8H12F3NO. The summed E-state index contributed by atoms with van der Waals surface area (Å²) in [7, 11) is 0. The van der Waals surface area contributed by atoms with E-state index in [-0.39, 0.29) is 12.2 Å². The Bertz CT molecular complexity index is 206. The molecule has 2 bridgehead atoms. The van der Waals surface area contributed by atoms with Gasteiger partial charge in [-0.3, -0.25) is 0 Å². The van der Waals surface area contributed by atoms with Crippen molar-refractivity contribution in [2.24, 2.45) is 11.7 Å². The molecule has 0 aromatic carbocycles. The maximum atomic E-state index is 12.2. The van der Waals surface area contributed by atoms with Crippen LogP contribution in [0.4, 0.5) is 13.2 Å². The third kappa shape index (κ3) is 1.55. The molecule has 0 aliphatic carbocycles. The summed E-state index contributed by atoms with van der Waals surface area (Å²) in [4.78, 5) is 0. The van der Waals surface area contributed by atoms with E-state index in [2.05, 4.69) is 0 Å². The first-order valence-electron chi connectivity index (χ1n) is 4.46. The first-order valence-corrected chi connectivity index (χ1v) is 4.46. The van der Waals surface area contributed by atoms with Gasteiger partial charge in [-0.25, -0.2) is 0 Å². The average molecular weight is 195 g/mol. The fraction of sp³-hybridized carbons (Fsp3) is 1.00. The molecule has 13 heavy (non-hydrogen) atoms. The van der Waals surface area contributed by atoms with Gasteiger partial charge >= 0.3 is 6.18 Å².